The van der Waals surface area contributed by atoms with Crippen molar-refractivity contribution >= 4 is 35.6 Å². The van der Waals surface area contributed by atoms with Crippen molar-refractivity contribution in [2.45, 2.75) is 6.54 Å². The lowest BCUT2D eigenvalue weighted by Crippen LogP contribution is -2.30. The van der Waals surface area contributed by atoms with Gasteiger partial charge in [-0.2, -0.15) is 0 Å². The number of urea groups is 1. The molecule has 8 nitrogen and oxygen atoms in total. The van der Waals surface area contributed by atoms with Crippen molar-refractivity contribution in [1.29, 1.82) is 0 Å². The molecule has 0 atom stereocenters. The van der Waals surface area contributed by atoms with Gasteiger partial charge in [-0.3, -0.25) is 9.69 Å². The van der Waals surface area contributed by atoms with Crippen LogP contribution in [0.25, 0.3) is 6.08 Å². The first kappa shape index (κ1) is 20.0. The Morgan fingerprint density at radius 2 is 2.14 bits per heavy atom. The number of hydrogen-bond acceptors (Lipinski definition) is 6. The van der Waals surface area contributed by atoms with Crippen molar-refractivity contribution in [2.24, 2.45) is 0 Å². The maximum Gasteiger partial charge on any atom is 0.373 e. The molecule has 1 N–H and O–H groups in total. The normalized spacial score (nSPS) is 14.7. The van der Waals surface area contributed by atoms with Gasteiger partial charge in [-0.05, 0) is 35.9 Å². The molecule has 2 aromatic rings. The topological polar surface area (TPSA) is 98.1 Å². The minimum atomic E-state index is -0.652. The van der Waals surface area contributed by atoms with Crippen LogP contribution in [0, 0.1) is 12.3 Å². The van der Waals surface area contributed by atoms with Crippen LogP contribution in [0.5, 0.6) is 5.75 Å². The molecule has 2 heterocycles. The molecular weight excluding hydrogens is 400 g/mol. The van der Waals surface area contributed by atoms with Crippen LogP contribution < -0.4 is 10.1 Å². The Hall–Kier alpha value is -3.70. The number of ether oxygens (including phenoxy) is 2. The van der Waals surface area contributed by atoms with E-state index < -0.39 is 17.9 Å². The van der Waals surface area contributed by atoms with Gasteiger partial charge in [-0.1, -0.05) is 23.6 Å². The van der Waals surface area contributed by atoms with Gasteiger partial charge in [0.15, 0.2) is 0 Å². The molecule has 29 heavy (non-hydrogen) atoms. The first-order valence-corrected chi connectivity index (χ1v) is 8.68. The van der Waals surface area contributed by atoms with Crippen LogP contribution >= 0.6 is 11.6 Å². The van der Waals surface area contributed by atoms with Crippen molar-refractivity contribution in [3.8, 4) is 18.1 Å². The highest BCUT2D eigenvalue weighted by molar-refractivity contribution is 6.32. The third-order valence-electron chi connectivity index (χ3n) is 3.90. The lowest BCUT2D eigenvalue weighted by molar-refractivity contribution is -0.123. The molecule has 1 saturated heterocycles. The number of nitrogens with zero attached hydrogens (tertiary/aromatic N) is 1. The van der Waals surface area contributed by atoms with Gasteiger partial charge in [0.05, 0.1) is 18.7 Å². The number of halogens is 1. The van der Waals surface area contributed by atoms with Gasteiger partial charge < -0.3 is 19.2 Å². The lowest BCUT2D eigenvalue weighted by atomic mass is 10.2. The first-order chi connectivity index (χ1) is 13.9. The highest BCUT2D eigenvalue weighted by Crippen LogP contribution is 2.27. The van der Waals surface area contributed by atoms with Crippen LogP contribution in [0.2, 0.25) is 5.02 Å². The summed E-state index contributed by atoms with van der Waals surface area (Å²) in [7, 11) is 1.22. The Labute approximate surface area is 171 Å². The Balaban J connectivity index is 1.74. The zero-order valence-corrected chi connectivity index (χ0v) is 16.0. The Kier molecular flexibility index (Phi) is 5.90. The molecule has 1 aliphatic rings. The second-order valence-electron chi connectivity index (χ2n) is 5.82. The molecule has 0 radical (unpaired) electrons. The van der Waals surface area contributed by atoms with E-state index in [1.165, 1.54) is 25.3 Å². The van der Waals surface area contributed by atoms with E-state index in [9.17, 15) is 14.4 Å². The van der Waals surface area contributed by atoms with Gasteiger partial charge in [-0.15, -0.1) is 6.42 Å². The number of carbonyl (C=O) groups excluding carboxylic acids is 3. The van der Waals surface area contributed by atoms with Gasteiger partial charge in [0, 0.05) is 0 Å². The molecule has 3 amide bonds. The minimum absolute atomic E-state index is 0.0212. The maximum atomic E-state index is 12.6. The third kappa shape index (κ3) is 4.42. The van der Waals surface area contributed by atoms with Crippen molar-refractivity contribution in [3.63, 3.8) is 0 Å². The lowest BCUT2D eigenvalue weighted by Gasteiger charge is -2.09. The van der Waals surface area contributed by atoms with Crippen molar-refractivity contribution < 1.29 is 28.3 Å². The molecule has 1 fully saturated rings. The molecular formula is C20H15ClN2O6. The second kappa shape index (κ2) is 8.54. The Bertz CT molecular complexity index is 1050. The van der Waals surface area contributed by atoms with E-state index in [1.54, 1.807) is 18.2 Å². The van der Waals surface area contributed by atoms with Gasteiger partial charge in [0.25, 0.3) is 5.91 Å². The van der Waals surface area contributed by atoms with Gasteiger partial charge in [0.1, 0.15) is 23.8 Å². The van der Waals surface area contributed by atoms with Gasteiger partial charge >= 0.3 is 12.0 Å². The summed E-state index contributed by atoms with van der Waals surface area (Å²) in [5, 5.41) is 2.81. The number of esters is 1. The monoisotopic (exact) mass is 414 g/mol. The predicted molar refractivity (Wildman–Crippen MR) is 103 cm³/mol. The van der Waals surface area contributed by atoms with E-state index in [4.69, 9.17) is 27.2 Å². The molecule has 0 bridgehead atoms. The molecule has 9 heteroatoms. The van der Waals surface area contributed by atoms with Crippen LogP contribution in [0.4, 0.5) is 4.79 Å². The molecule has 1 aliphatic heterocycles. The molecule has 0 unspecified atom stereocenters. The third-order valence-corrected chi connectivity index (χ3v) is 4.20. The van der Waals surface area contributed by atoms with Crippen LogP contribution in [-0.2, 0) is 16.1 Å². The average Bonchev–Trinajstić information content (AvgIpc) is 3.27. The van der Waals surface area contributed by atoms with Crippen LogP contribution in [0.1, 0.15) is 21.9 Å². The predicted octanol–water partition coefficient (Wildman–Crippen LogP) is 2.82. The number of rotatable bonds is 6. The van der Waals surface area contributed by atoms with E-state index in [1.807, 2.05) is 0 Å². The Morgan fingerprint density at radius 1 is 1.34 bits per heavy atom. The zero-order chi connectivity index (χ0) is 21.0. The molecule has 0 aliphatic carbocycles. The van der Waals surface area contributed by atoms with E-state index in [0.29, 0.717) is 16.3 Å². The average molecular weight is 415 g/mol. The quantitative estimate of drug-likeness (QED) is 0.338. The standard InChI is InChI=1S/C20H15ClN2O6/c1-3-8-28-16-6-4-12(9-14(16)21)10-15-18(24)23(20(26)22-15)11-13-5-7-17(29-13)19(25)27-2/h1,4-7,9-10H,8,11H2,2H3,(H,22,26). The number of hydrogen-bond donors (Lipinski definition) is 1. The van der Waals surface area contributed by atoms with Gasteiger partial charge in [0.2, 0.25) is 5.76 Å². The summed E-state index contributed by atoms with van der Waals surface area (Å²) < 4.78 is 15.1. The number of benzene rings is 1. The zero-order valence-electron chi connectivity index (χ0n) is 15.2. The summed E-state index contributed by atoms with van der Waals surface area (Å²) in [5.41, 5.74) is 0.655. The fourth-order valence-corrected chi connectivity index (χ4v) is 2.80. The number of terminal acetylenes is 1. The fraction of sp³-hybridized carbons (Fsp3) is 0.150. The maximum absolute atomic E-state index is 12.6. The molecule has 3 rings (SSSR count). The smallest absolute Gasteiger partial charge is 0.373 e. The van der Waals surface area contributed by atoms with Crippen molar-refractivity contribution in [1.82, 2.24) is 10.2 Å². The number of methoxy groups -OCH3 is 1. The van der Waals surface area contributed by atoms with Crippen LogP contribution in [-0.4, -0.2) is 36.5 Å². The number of carbonyl (C=O) groups is 3. The number of nitrogens with one attached hydrogen (secondary N) is 1. The van der Waals surface area contributed by atoms with E-state index >= 15 is 0 Å². The SMILES string of the molecule is C#CCOc1ccc(C=C2NC(=O)N(Cc3ccc(C(=O)OC)o3)C2=O)cc1Cl. The molecule has 0 saturated carbocycles. The van der Waals surface area contributed by atoms with E-state index in [0.717, 1.165) is 4.90 Å². The highest BCUT2D eigenvalue weighted by atomic mass is 35.5. The molecule has 1 aromatic carbocycles. The summed E-state index contributed by atoms with van der Waals surface area (Å²) in [6.07, 6.45) is 6.63. The fourth-order valence-electron chi connectivity index (χ4n) is 2.55. The van der Waals surface area contributed by atoms with Gasteiger partial charge in [-0.25, -0.2) is 9.59 Å². The van der Waals surface area contributed by atoms with Crippen molar-refractivity contribution in [3.05, 3.63) is 58.1 Å². The number of furan rings is 1. The number of imide groups is 1. The molecule has 148 valence electrons. The second-order valence-corrected chi connectivity index (χ2v) is 6.23. The highest BCUT2D eigenvalue weighted by Gasteiger charge is 2.34. The van der Waals surface area contributed by atoms with E-state index in [-0.39, 0.29) is 30.4 Å². The summed E-state index contributed by atoms with van der Waals surface area (Å²) >= 11 is 6.14. The summed E-state index contributed by atoms with van der Waals surface area (Å²) in [5.74, 6) is 1.79. The Morgan fingerprint density at radius 3 is 2.83 bits per heavy atom. The number of amides is 3. The van der Waals surface area contributed by atoms with Crippen LogP contribution in [0.15, 0.2) is 40.4 Å². The summed E-state index contributed by atoms with van der Waals surface area (Å²) in [4.78, 5) is 37.2. The van der Waals surface area contributed by atoms with Crippen LogP contribution in [0.3, 0.4) is 0 Å². The first-order valence-electron chi connectivity index (χ1n) is 8.30. The summed E-state index contributed by atoms with van der Waals surface area (Å²) in [6.45, 7) is -0.0627. The van der Waals surface area contributed by atoms with E-state index in [2.05, 4.69) is 16.0 Å². The molecule has 1 aromatic heterocycles. The van der Waals surface area contributed by atoms with Crippen molar-refractivity contribution in [2.75, 3.05) is 13.7 Å². The summed E-state index contributed by atoms with van der Waals surface area (Å²) in [6, 6.07) is 7.14. The molecule has 0 spiro atoms. The minimum Gasteiger partial charge on any atom is -0.479 e. The largest absolute Gasteiger partial charge is 0.479 e.